The fraction of sp³-hybridized carbons (Fsp3) is 0.611. The average molecular weight is 289 g/mol. The smallest absolute Gasteiger partial charge is 0.220 e. The number of benzene rings is 1. The van der Waals surface area contributed by atoms with Crippen LogP contribution in [0.25, 0.3) is 0 Å². The van der Waals surface area contributed by atoms with E-state index in [0.717, 1.165) is 19.3 Å². The maximum Gasteiger partial charge on any atom is 0.220 e. The molecule has 1 aromatic carbocycles. The molecule has 2 rings (SSSR count). The second kappa shape index (κ2) is 7.60. The van der Waals surface area contributed by atoms with Gasteiger partial charge in [-0.25, -0.2) is 0 Å². The van der Waals surface area contributed by atoms with Crippen LogP contribution in [0.5, 0.6) is 0 Å². The summed E-state index contributed by atoms with van der Waals surface area (Å²) in [4.78, 5) is 12.1. The first-order valence-corrected chi connectivity index (χ1v) is 8.08. The number of nitrogens with one attached hydrogen (secondary N) is 1. The van der Waals surface area contributed by atoms with Gasteiger partial charge in [0.05, 0.1) is 6.10 Å². The van der Waals surface area contributed by atoms with Crippen LogP contribution in [0.3, 0.4) is 0 Å². The number of carbonyl (C=O) groups is 1. The van der Waals surface area contributed by atoms with E-state index in [4.69, 9.17) is 0 Å². The van der Waals surface area contributed by atoms with E-state index in [1.165, 1.54) is 17.5 Å². The molecule has 0 saturated carbocycles. The van der Waals surface area contributed by atoms with Gasteiger partial charge < -0.3 is 10.4 Å². The van der Waals surface area contributed by atoms with Crippen LogP contribution in [0, 0.1) is 5.92 Å². The van der Waals surface area contributed by atoms with Gasteiger partial charge >= 0.3 is 0 Å². The number of aliphatic hydroxyl groups is 1. The summed E-state index contributed by atoms with van der Waals surface area (Å²) in [6.45, 7) is 4.50. The van der Waals surface area contributed by atoms with Crippen LogP contribution in [0.15, 0.2) is 24.3 Å². The van der Waals surface area contributed by atoms with E-state index in [1.54, 1.807) is 6.92 Å². The molecule has 0 saturated heterocycles. The van der Waals surface area contributed by atoms with E-state index in [9.17, 15) is 9.90 Å². The third kappa shape index (κ3) is 4.85. The topological polar surface area (TPSA) is 49.3 Å². The third-order valence-corrected chi connectivity index (χ3v) is 4.32. The van der Waals surface area contributed by atoms with Crippen LogP contribution in [-0.2, 0) is 11.2 Å². The monoisotopic (exact) mass is 289 g/mol. The fourth-order valence-electron chi connectivity index (χ4n) is 3.32. The standard InChI is InChI=1S/C18H27NO2/c1-13(10-14(2)20)12-19-18(21)11-16-8-5-7-15-6-3-4-9-17(15)16/h3-4,6,9,13-14,16,20H,5,7-8,10-12H2,1-2H3,(H,19,21). The minimum absolute atomic E-state index is 0.133. The van der Waals surface area contributed by atoms with E-state index in [0.29, 0.717) is 24.8 Å². The van der Waals surface area contributed by atoms with Gasteiger partial charge in [-0.05, 0) is 55.6 Å². The van der Waals surface area contributed by atoms with Gasteiger partial charge in [0, 0.05) is 13.0 Å². The van der Waals surface area contributed by atoms with Crippen LogP contribution in [0.2, 0.25) is 0 Å². The molecule has 1 aliphatic carbocycles. The summed E-state index contributed by atoms with van der Waals surface area (Å²) in [5.41, 5.74) is 2.76. The number of aliphatic hydroxyl groups excluding tert-OH is 1. The Morgan fingerprint density at radius 1 is 1.38 bits per heavy atom. The minimum Gasteiger partial charge on any atom is -0.393 e. The lowest BCUT2D eigenvalue weighted by atomic mass is 9.81. The van der Waals surface area contributed by atoms with Crippen molar-refractivity contribution in [2.75, 3.05) is 6.54 Å². The Labute approximate surface area is 127 Å². The summed E-state index contributed by atoms with van der Waals surface area (Å²) in [6, 6.07) is 8.51. The molecule has 116 valence electrons. The van der Waals surface area contributed by atoms with Crippen LogP contribution in [-0.4, -0.2) is 23.7 Å². The van der Waals surface area contributed by atoms with Crippen molar-refractivity contribution < 1.29 is 9.90 Å². The van der Waals surface area contributed by atoms with Gasteiger partial charge in [-0.3, -0.25) is 4.79 Å². The molecular weight excluding hydrogens is 262 g/mol. The number of carbonyl (C=O) groups excluding carboxylic acids is 1. The number of hydrogen-bond donors (Lipinski definition) is 2. The quantitative estimate of drug-likeness (QED) is 0.845. The van der Waals surface area contributed by atoms with Crippen LogP contribution >= 0.6 is 0 Å². The number of aryl methyl sites for hydroxylation is 1. The fourth-order valence-corrected chi connectivity index (χ4v) is 3.32. The molecule has 0 fully saturated rings. The van der Waals surface area contributed by atoms with Gasteiger partial charge in [-0.2, -0.15) is 0 Å². The van der Waals surface area contributed by atoms with Crippen molar-refractivity contribution in [2.45, 2.75) is 58.0 Å². The van der Waals surface area contributed by atoms with E-state index in [2.05, 4.69) is 36.5 Å². The van der Waals surface area contributed by atoms with Gasteiger partial charge in [0.15, 0.2) is 0 Å². The first-order valence-electron chi connectivity index (χ1n) is 8.08. The lowest BCUT2D eigenvalue weighted by molar-refractivity contribution is -0.121. The van der Waals surface area contributed by atoms with Crippen LogP contribution in [0.4, 0.5) is 0 Å². The summed E-state index contributed by atoms with van der Waals surface area (Å²) in [7, 11) is 0. The molecule has 0 radical (unpaired) electrons. The predicted octanol–water partition coefficient (Wildman–Crippen LogP) is 3.02. The van der Waals surface area contributed by atoms with Crippen molar-refractivity contribution in [1.29, 1.82) is 0 Å². The first-order chi connectivity index (χ1) is 10.1. The van der Waals surface area contributed by atoms with E-state index >= 15 is 0 Å². The van der Waals surface area contributed by atoms with E-state index in [-0.39, 0.29) is 12.0 Å². The molecule has 0 heterocycles. The third-order valence-electron chi connectivity index (χ3n) is 4.32. The Bertz CT molecular complexity index is 470. The van der Waals surface area contributed by atoms with Gasteiger partial charge in [-0.1, -0.05) is 31.2 Å². The molecule has 1 aliphatic rings. The Morgan fingerprint density at radius 2 is 2.14 bits per heavy atom. The number of fused-ring (bicyclic) bond motifs is 1. The highest BCUT2D eigenvalue weighted by Gasteiger charge is 2.22. The summed E-state index contributed by atoms with van der Waals surface area (Å²) in [6.07, 6.45) is 4.42. The first kappa shape index (κ1) is 16.0. The lowest BCUT2D eigenvalue weighted by Gasteiger charge is -2.25. The Balaban J connectivity index is 1.84. The Hall–Kier alpha value is -1.35. The van der Waals surface area contributed by atoms with E-state index < -0.39 is 0 Å². The SMILES string of the molecule is CC(O)CC(C)CNC(=O)CC1CCCc2ccccc21. The zero-order valence-corrected chi connectivity index (χ0v) is 13.1. The van der Waals surface area contributed by atoms with Crippen molar-refractivity contribution in [3.63, 3.8) is 0 Å². The molecule has 0 bridgehead atoms. The minimum atomic E-state index is -0.304. The normalized spacial score (nSPS) is 20.4. The van der Waals surface area contributed by atoms with Gasteiger partial charge in [0.25, 0.3) is 0 Å². The molecule has 3 atom stereocenters. The highest BCUT2D eigenvalue weighted by atomic mass is 16.3. The number of amides is 1. The van der Waals surface area contributed by atoms with Crippen molar-refractivity contribution in [3.8, 4) is 0 Å². The zero-order chi connectivity index (χ0) is 15.2. The number of hydrogen-bond acceptors (Lipinski definition) is 2. The maximum absolute atomic E-state index is 12.1. The molecule has 0 spiro atoms. The largest absolute Gasteiger partial charge is 0.393 e. The summed E-state index contributed by atoms with van der Waals surface area (Å²) in [5.74, 6) is 0.809. The molecule has 3 heteroatoms. The van der Waals surface area contributed by atoms with Crippen LogP contribution < -0.4 is 5.32 Å². The second-order valence-electron chi connectivity index (χ2n) is 6.49. The molecule has 0 aliphatic heterocycles. The van der Waals surface area contributed by atoms with Gasteiger partial charge in [0.2, 0.25) is 5.91 Å². The molecule has 0 aromatic heterocycles. The van der Waals surface area contributed by atoms with E-state index in [1.807, 2.05) is 0 Å². The van der Waals surface area contributed by atoms with Crippen molar-refractivity contribution in [2.24, 2.45) is 5.92 Å². The highest BCUT2D eigenvalue weighted by Crippen LogP contribution is 2.33. The summed E-state index contributed by atoms with van der Waals surface area (Å²) < 4.78 is 0. The molecule has 1 amide bonds. The van der Waals surface area contributed by atoms with Crippen LogP contribution in [0.1, 0.15) is 56.6 Å². The van der Waals surface area contributed by atoms with Crippen molar-refractivity contribution >= 4 is 5.91 Å². The predicted molar refractivity (Wildman–Crippen MR) is 85.2 cm³/mol. The maximum atomic E-state index is 12.1. The average Bonchev–Trinajstić information content (AvgIpc) is 2.45. The molecule has 1 aromatic rings. The summed E-state index contributed by atoms with van der Waals surface area (Å²) in [5, 5.41) is 12.4. The Kier molecular flexibility index (Phi) is 5.80. The zero-order valence-electron chi connectivity index (χ0n) is 13.1. The summed E-state index contributed by atoms with van der Waals surface area (Å²) >= 11 is 0. The molecule has 21 heavy (non-hydrogen) atoms. The van der Waals surface area contributed by atoms with Gasteiger partial charge in [-0.15, -0.1) is 0 Å². The van der Waals surface area contributed by atoms with Crippen molar-refractivity contribution in [1.82, 2.24) is 5.32 Å². The van der Waals surface area contributed by atoms with Crippen molar-refractivity contribution in [3.05, 3.63) is 35.4 Å². The Morgan fingerprint density at radius 3 is 2.90 bits per heavy atom. The molecule has 2 N–H and O–H groups in total. The molecule has 3 unspecified atom stereocenters. The lowest BCUT2D eigenvalue weighted by Crippen LogP contribution is -2.31. The second-order valence-corrected chi connectivity index (χ2v) is 6.49. The van der Waals surface area contributed by atoms with Gasteiger partial charge in [0.1, 0.15) is 0 Å². The highest BCUT2D eigenvalue weighted by molar-refractivity contribution is 5.77. The molecule has 3 nitrogen and oxygen atoms in total. The molecular formula is C18H27NO2. The number of rotatable bonds is 6.